The number of H-pyrrole nitrogens is 1. The van der Waals surface area contributed by atoms with Crippen LogP contribution in [0.25, 0.3) is 10.9 Å². The largest absolute Gasteiger partial charge is 0.340 e. The number of hydrogen-bond donors (Lipinski definition) is 2. The number of benzene rings is 1. The molecule has 0 bridgehead atoms. The SMILES string of the molecule is Cc1ccc2[nH]c(NOOCC(C)C)cc2c1. The van der Waals surface area contributed by atoms with Gasteiger partial charge in [-0.15, -0.1) is 4.99 Å². The molecule has 0 aliphatic carbocycles. The molecular formula is C13H18N2O2. The summed E-state index contributed by atoms with van der Waals surface area (Å²) in [5.41, 5.74) is 5.04. The van der Waals surface area contributed by atoms with Crippen LogP contribution in [0.2, 0.25) is 0 Å². The molecule has 92 valence electrons. The van der Waals surface area contributed by atoms with Crippen molar-refractivity contribution in [3.05, 3.63) is 29.8 Å². The van der Waals surface area contributed by atoms with Crippen LogP contribution in [0.1, 0.15) is 19.4 Å². The molecule has 2 rings (SSSR count). The molecule has 0 saturated carbocycles. The van der Waals surface area contributed by atoms with Gasteiger partial charge in [-0.2, -0.15) is 0 Å². The van der Waals surface area contributed by atoms with Crippen molar-refractivity contribution >= 4 is 16.7 Å². The Morgan fingerprint density at radius 3 is 2.88 bits per heavy atom. The molecule has 0 amide bonds. The van der Waals surface area contributed by atoms with E-state index in [1.807, 2.05) is 12.1 Å². The van der Waals surface area contributed by atoms with Gasteiger partial charge in [-0.1, -0.05) is 25.5 Å². The highest BCUT2D eigenvalue weighted by Gasteiger charge is 2.01. The van der Waals surface area contributed by atoms with Gasteiger partial charge in [0.05, 0.1) is 6.61 Å². The number of aromatic amines is 1. The van der Waals surface area contributed by atoms with Crippen LogP contribution in [0.15, 0.2) is 24.3 Å². The van der Waals surface area contributed by atoms with Crippen molar-refractivity contribution in [2.24, 2.45) is 5.92 Å². The van der Waals surface area contributed by atoms with E-state index in [-0.39, 0.29) is 0 Å². The average molecular weight is 234 g/mol. The number of aromatic nitrogens is 1. The second-order valence-electron chi connectivity index (χ2n) is 4.64. The first kappa shape index (κ1) is 12.0. The maximum absolute atomic E-state index is 4.99. The maximum Gasteiger partial charge on any atom is 0.131 e. The fourth-order valence-corrected chi connectivity index (χ4v) is 1.55. The Bertz CT molecular complexity index is 491. The van der Waals surface area contributed by atoms with Gasteiger partial charge in [-0.3, -0.25) is 0 Å². The van der Waals surface area contributed by atoms with Crippen molar-refractivity contribution in [1.82, 2.24) is 4.98 Å². The molecule has 0 unspecified atom stereocenters. The Balaban J connectivity index is 1.95. The summed E-state index contributed by atoms with van der Waals surface area (Å²) >= 11 is 0. The molecule has 1 aromatic heterocycles. The van der Waals surface area contributed by atoms with E-state index in [1.165, 1.54) is 5.56 Å². The normalized spacial score (nSPS) is 11.3. The molecule has 2 N–H and O–H groups in total. The van der Waals surface area contributed by atoms with Gasteiger partial charge in [-0.05, 0) is 31.0 Å². The van der Waals surface area contributed by atoms with Crippen LogP contribution in [0.4, 0.5) is 5.82 Å². The molecule has 1 heterocycles. The van der Waals surface area contributed by atoms with Crippen LogP contribution >= 0.6 is 0 Å². The van der Waals surface area contributed by atoms with Gasteiger partial charge in [0.2, 0.25) is 0 Å². The summed E-state index contributed by atoms with van der Waals surface area (Å²) in [5.74, 6) is 1.23. The zero-order valence-corrected chi connectivity index (χ0v) is 10.4. The molecule has 4 nitrogen and oxygen atoms in total. The Hall–Kier alpha value is -1.52. The Kier molecular flexibility index (Phi) is 3.66. The molecule has 0 atom stereocenters. The van der Waals surface area contributed by atoms with Crippen LogP contribution in [0, 0.1) is 12.8 Å². The lowest BCUT2D eigenvalue weighted by molar-refractivity contribution is -0.278. The first-order valence-electron chi connectivity index (χ1n) is 5.79. The summed E-state index contributed by atoms with van der Waals surface area (Å²) in [6.45, 7) is 6.76. The van der Waals surface area contributed by atoms with E-state index in [0.717, 1.165) is 16.7 Å². The van der Waals surface area contributed by atoms with Crippen molar-refractivity contribution < 1.29 is 9.88 Å². The lowest BCUT2D eigenvalue weighted by Gasteiger charge is -2.05. The van der Waals surface area contributed by atoms with Gasteiger partial charge < -0.3 is 4.98 Å². The van der Waals surface area contributed by atoms with Crippen molar-refractivity contribution in [2.75, 3.05) is 12.1 Å². The highest BCUT2D eigenvalue weighted by molar-refractivity contribution is 5.84. The maximum atomic E-state index is 4.99. The van der Waals surface area contributed by atoms with Crippen molar-refractivity contribution in [3.63, 3.8) is 0 Å². The van der Waals surface area contributed by atoms with E-state index in [1.54, 1.807) is 0 Å². The lowest BCUT2D eigenvalue weighted by atomic mass is 10.2. The minimum Gasteiger partial charge on any atom is -0.340 e. The Labute approximate surface area is 101 Å². The Morgan fingerprint density at radius 2 is 2.12 bits per heavy atom. The summed E-state index contributed by atoms with van der Waals surface area (Å²) < 4.78 is 0. The van der Waals surface area contributed by atoms with Crippen LogP contribution in [-0.4, -0.2) is 11.6 Å². The van der Waals surface area contributed by atoms with Crippen LogP contribution < -0.4 is 5.48 Å². The van der Waals surface area contributed by atoms with Gasteiger partial charge in [0.15, 0.2) is 0 Å². The molecular weight excluding hydrogens is 216 g/mol. The fourth-order valence-electron chi connectivity index (χ4n) is 1.55. The van der Waals surface area contributed by atoms with Gasteiger partial charge in [-0.25, -0.2) is 10.4 Å². The monoisotopic (exact) mass is 234 g/mol. The van der Waals surface area contributed by atoms with E-state index in [2.05, 4.69) is 43.4 Å². The highest BCUT2D eigenvalue weighted by atomic mass is 17.3. The van der Waals surface area contributed by atoms with Gasteiger partial charge in [0.25, 0.3) is 0 Å². The molecule has 4 heteroatoms. The number of rotatable bonds is 5. The molecule has 0 radical (unpaired) electrons. The fraction of sp³-hybridized carbons (Fsp3) is 0.385. The number of hydrogen-bond acceptors (Lipinski definition) is 3. The van der Waals surface area contributed by atoms with E-state index >= 15 is 0 Å². The summed E-state index contributed by atoms with van der Waals surface area (Å²) in [7, 11) is 0. The third-order valence-corrected chi connectivity index (χ3v) is 2.39. The molecule has 0 fully saturated rings. The van der Waals surface area contributed by atoms with E-state index in [4.69, 9.17) is 9.88 Å². The highest BCUT2D eigenvalue weighted by Crippen LogP contribution is 2.19. The number of aryl methyl sites for hydroxylation is 1. The van der Waals surface area contributed by atoms with Crippen molar-refractivity contribution in [2.45, 2.75) is 20.8 Å². The van der Waals surface area contributed by atoms with E-state index in [9.17, 15) is 0 Å². The smallest absolute Gasteiger partial charge is 0.131 e. The predicted molar refractivity (Wildman–Crippen MR) is 68.5 cm³/mol. The first-order chi connectivity index (χ1) is 8.15. The summed E-state index contributed by atoms with van der Waals surface area (Å²) in [4.78, 5) is 13.1. The zero-order valence-electron chi connectivity index (χ0n) is 10.4. The van der Waals surface area contributed by atoms with Gasteiger partial charge in [0, 0.05) is 10.9 Å². The molecule has 0 aliphatic heterocycles. The molecule has 0 spiro atoms. The van der Waals surface area contributed by atoms with Crippen molar-refractivity contribution in [3.8, 4) is 0 Å². The van der Waals surface area contributed by atoms with E-state index in [0.29, 0.717) is 12.5 Å². The van der Waals surface area contributed by atoms with Gasteiger partial charge in [0.1, 0.15) is 5.82 Å². The molecule has 0 saturated heterocycles. The summed E-state index contributed by atoms with van der Waals surface area (Å²) in [6.07, 6.45) is 0. The van der Waals surface area contributed by atoms with Crippen LogP contribution in [0.3, 0.4) is 0 Å². The lowest BCUT2D eigenvalue weighted by Crippen LogP contribution is -2.07. The molecule has 0 aliphatic rings. The number of nitrogens with one attached hydrogen (secondary N) is 2. The number of anilines is 1. The topological polar surface area (TPSA) is 46.3 Å². The average Bonchev–Trinajstić information content (AvgIpc) is 2.66. The van der Waals surface area contributed by atoms with Gasteiger partial charge >= 0.3 is 0 Å². The predicted octanol–water partition coefficient (Wildman–Crippen LogP) is 3.41. The van der Waals surface area contributed by atoms with Crippen LogP contribution in [0.5, 0.6) is 0 Å². The second kappa shape index (κ2) is 5.21. The summed E-state index contributed by atoms with van der Waals surface area (Å²) in [5, 5.41) is 1.15. The third-order valence-electron chi connectivity index (χ3n) is 2.39. The number of fused-ring (bicyclic) bond motifs is 1. The van der Waals surface area contributed by atoms with Crippen molar-refractivity contribution in [1.29, 1.82) is 0 Å². The van der Waals surface area contributed by atoms with E-state index < -0.39 is 0 Å². The standard InChI is InChI=1S/C13H18N2O2/c1-9(2)8-16-17-15-13-7-11-6-10(3)4-5-12(11)14-13/h4-7,9,14-15H,8H2,1-3H3. The summed E-state index contributed by atoms with van der Waals surface area (Å²) in [6, 6.07) is 8.22. The minimum absolute atomic E-state index is 0.446. The molecule has 2 aromatic rings. The third kappa shape index (κ3) is 3.22. The first-order valence-corrected chi connectivity index (χ1v) is 5.79. The molecule has 1 aromatic carbocycles. The zero-order chi connectivity index (χ0) is 12.3. The Morgan fingerprint density at radius 1 is 1.29 bits per heavy atom. The minimum atomic E-state index is 0.446. The molecule has 17 heavy (non-hydrogen) atoms. The van der Waals surface area contributed by atoms with Crippen LogP contribution in [-0.2, 0) is 9.88 Å². The second-order valence-corrected chi connectivity index (χ2v) is 4.64. The quantitative estimate of drug-likeness (QED) is 0.473.